The summed E-state index contributed by atoms with van der Waals surface area (Å²) < 4.78 is 0. The van der Waals surface area contributed by atoms with Crippen LogP contribution in [0.15, 0.2) is 18.3 Å². The SMILES string of the molecule is CCCCCNC(=O)c1ccnc(C(=O)NCCC(C)C)c1. The number of unbranched alkanes of at least 4 members (excludes halogenated alkanes) is 2. The van der Waals surface area contributed by atoms with Crippen LogP contribution in [0, 0.1) is 5.92 Å². The molecule has 1 aromatic heterocycles. The molecule has 0 spiro atoms. The molecule has 0 fully saturated rings. The number of amides is 2. The average Bonchev–Trinajstić information content (AvgIpc) is 2.51. The van der Waals surface area contributed by atoms with E-state index in [0.717, 1.165) is 25.7 Å². The predicted octanol–water partition coefficient (Wildman–Crippen LogP) is 2.78. The van der Waals surface area contributed by atoms with Crippen LogP contribution in [0.4, 0.5) is 0 Å². The van der Waals surface area contributed by atoms with Crippen molar-refractivity contribution in [2.75, 3.05) is 13.1 Å². The van der Waals surface area contributed by atoms with Gasteiger partial charge in [-0.3, -0.25) is 14.6 Å². The summed E-state index contributed by atoms with van der Waals surface area (Å²) in [4.78, 5) is 28.0. The molecule has 0 saturated carbocycles. The Hall–Kier alpha value is -1.91. The quantitative estimate of drug-likeness (QED) is 0.689. The minimum Gasteiger partial charge on any atom is -0.352 e. The van der Waals surface area contributed by atoms with Crippen molar-refractivity contribution in [2.24, 2.45) is 5.92 Å². The summed E-state index contributed by atoms with van der Waals surface area (Å²) in [6, 6.07) is 3.17. The van der Waals surface area contributed by atoms with Crippen LogP contribution < -0.4 is 10.6 Å². The van der Waals surface area contributed by atoms with Crippen molar-refractivity contribution in [3.63, 3.8) is 0 Å². The molecule has 0 bridgehead atoms. The van der Waals surface area contributed by atoms with Crippen molar-refractivity contribution >= 4 is 11.8 Å². The lowest BCUT2D eigenvalue weighted by molar-refractivity contribution is 0.0947. The second kappa shape index (κ2) is 9.92. The number of nitrogens with zero attached hydrogens (tertiary/aromatic N) is 1. The molecule has 5 heteroatoms. The van der Waals surface area contributed by atoms with Crippen molar-refractivity contribution in [3.05, 3.63) is 29.6 Å². The van der Waals surface area contributed by atoms with E-state index in [1.807, 2.05) is 0 Å². The largest absolute Gasteiger partial charge is 0.352 e. The molecule has 0 saturated heterocycles. The topological polar surface area (TPSA) is 71.1 Å². The fourth-order valence-corrected chi connectivity index (χ4v) is 1.94. The summed E-state index contributed by atoms with van der Waals surface area (Å²) in [7, 11) is 0. The van der Waals surface area contributed by atoms with Crippen LogP contribution in [-0.4, -0.2) is 29.9 Å². The highest BCUT2D eigenvalue weighted by Crippen LogP contribution is 2.03. The number of carbonyl (C=O) groups is 2. The monoisotopic (exact) mass is 305 g/mol. The van der Waals surface area contributed by atoms with Gasteiger partial charge in [0.2, 0.25) is 0 Å². The molecule has 1 rings (SSSR count). The van der Waals surface area contributed by atoms with Crippen molar-refractivity contribution in [1.82, 2.24) is 15.6 Å². The van der Waals surface area contributed by atoms with Gasteiger partial charge in [-0.05, 0) is 30.9 Å². The highest BCUT2D eigenvalue weighted by Gasteiger charge is 2.11. The lowest BCUT2D eigenvalue weighted by Crippen LogP contribution is -2.28. The highest BCUT2D eigenvalue weighted by molar-refractivity contribution is 5.98. The van der Waals surface area contributed by atoms with Gasteiger partial charge in [-0.1, -0.05) is 33.6 Å². The Kier molecular flexibility index (Phi) is 8.18. The molecule has 0 unspecified atom stereocenters. The molecule has 1 heterocycles. The van der Waals surface area contributed by atoms with Gasteiger partial charge in [0.1, 0.15) is 5.69 Å². The van der Waals surface area contributed by atoms with Gasteiger partial charge >= 0.3 is 0 Å². The third-order valence-electron chi connectivity index (χ3n) is 3.33. The van der Waals surface area contributed by atoms with E-state index in [2.05, 4.69) is 36.4 Å². The van der Waals surface area contributed by atoms with E-state index in [1.54, 1.807) is 12.1 Å². The van der Waals surface area contributed by atoms with E-state index in [1.165, 1.54) is 6.20 Å². The van der Waals surface area contributed by atoms with E-state index >= 15 is 0 Å². The van der Waals surface area contributed by atoms with E-state index in [0.29, 0.717) is 24.6 Å². The van der Waals surface area contributed by atoms with Gasteiger partial charge < -0.3 is 10.6 Å². The van der Waals surface area contributed by atoms with Crippen LogP contribution in [0.25, 0.3) is 0 Å². The fourth-order valence-electron chi connectivity index (χ4n) is 1.94. The van der Waals surface area contributed by atoms with Crippen LogP contribution in [0.3, 0.4) is 0 Å². The first kappa shape index (κ1) is 18.1. The van der Waals surface area contributed by atoms with Crippen LogP contribution in [0.1, 0.15) is 67.3 Å². The minimum absolute atomic E-state index is 0.158. The fraction of sp³-hybridized carbons (Fsp3) is 0.588. The van der Waals surface area contributed by atoms with Gasteiger partial charge in [-0.25, -0.2) is 0 Å². The smallest absolute Gasteiger partial charge is 0.269 e. The highest BCUT2D eigenvalue weighted by atomic mass is 16.2. The number of pyridine rings is 1. The summed E-state index contributed by atoms with van der Waals surface area (Å²) in [6.45, 7) is 7.60. The number of hydrogen-bond donors (Lipinski definition) is 2. The van der Waals surface area contributed by atoms with Gasteiger partial charge in [-0.2, -0.15) is 0 Å². The maximum absolute atomic E-state index is 12.0. The molecule has 0 aliphatic carbocycles. The zero-order chi connectivity index (χ0) is 16.4. The molecular formula is C17H27N3O2. The Morgan fingerprint density at radius 3 is 2.55 bits per heavy atom. The summed E-state index contributed by atoms with van der Waals surface area (Å²) in [5.74, 6) is 0.143. The Bertz CT molecular complexity index is 487. The molecule has 0 atom stereocenters. The molecule has 0 radical (unpaired) electrons. The van der Waals surface area contributed by atoms with Crippen LogP contribution in [0.2, 0.25) is 0 Å². The molecule has 0 aliphatic heterocycles. The molecule has 0 aliphatic rings. The van der Waals surface area contributed by atoms with Crippen molar-refractivity contribution < 1.29 is 9.59 Å². The Labute approximate surface area is 132 Å². The molecular weight excluding hydrogens is 278 g/mol. The maximum atomic E-state index is 12.0. The van der Waals surface area contributed by atoms with E-state index < -0.39 is 0 Å². The Morgan fingerprint density at radius 1 is 1.14 bits per heavy atom. The summed E-state index contributed by atoms with van der Waals surface area (Å²) in [6.07, 6.45) is 5.60. The Balaban J connectivity index is 2.53. The molecule has 122 valence electrons. The zero-order valence-corrected chi connectivity index (χ0v) is 13.8. The summed E-state index contributed by atoms with van der Waals surface area (Å²) >= 11 is 0. The van der Waals surface area contributed by atoms with Gasteiger partial charge in [0.15, 0.2) is 0 Å². The van der Waals surface area contributed by atoms with E-state index in [-0.39, 0.29) is 17.5 Å². The third kappa shape index (κ3) is 6.70. The van der Waals surface area contributed by atoms with Gasteiger partial charge in [0, 0.05) is 24.8 Å². The number of nitrogens with one attached hydrogen (secondary N) is 2. The van der Waals surface area contributed by atoms with E-state index in [4.69, 9.17) is 0 Å². The third-order valence-corrected chi connectivity index (χ3v) is 3.33. The molecule has 0 aromatic carbocycles. The summed E-state index contributed by atoms with van der Waals surface area (Å²) in [5.41, 5.74) is 0.755. The average molecular weight is 305 g/mol. The Morgan fingerprint density at radius 2 is 1.86 bits per heavy atom. The minimum atomic E-state index is -0.235. The lowest BCUT2D eigenvalue weighted by atomic mass is 10.1. The van der Waals surface area contributed by atoms with Crippen LogP contribution in [0.5, 0.6) is 0 Å². The van der Waals surface area contributed by atoms with E-state index in [9.17, 15) is 9.59 Å². The van der Waals surface area contributed by atoms with Gasteiger partial charge in [-0.15, -0.1) is 0 Å². The van der Waals surface area contributed by atoms with Crippen molar-refractivity contribution in [2.45, 2.75) is 46.5 Å². The number of rotatable bonds is 9. The molecule has 5 nitrogen and oxygen atoms in total. The van der Waals surface area contributed by atoms with Gasteiger partial charge in [0.25, 0.3) is 11.8 Å². The second-order valence-corrected chi connectivity index (χ2v) is 5.83. The molecule has 2 N–H and O–H groups in total. The first-order chi connectivity index (χ1) is 10.5. The second-order valence-electron chi connectivity index (χ2n) is 5.83. The molecule has 2 amide bonds. The first-order valence-electron chi connectivity index (χ1n) is 8.07. The number of aromatic nitrogens is 1. The van der Waals surface area contributed by atoms with Gasteiger partial charge in [0.05, 0.1) is 0 Å². The standard InChI is InChI=1S/C17H27N3O2/c1-4-5-6-9-19-16(21)14-8-11-18-15(12-14)17(22)20-10-7-13(2)3/h8,11-13H,4-7,9-10H2,1-3H3,(H,19,21)(H,20,22). The van der Waals surface area contributed by atoms with Crippen LogP contribution >= 0.6 is 0 Å². The molecule has 22 heavy (non-hydrogen) atoms. The summed E-state index contributed by atoms with van der Waals surface area (Å²) in [5, 5.41) is 5.68. The zero-order valence-electron chi connectivity index (χ0n) is 13.8. The normalized spacial score (nSPS) is 10.5. The lowest BCUT2D eigenvalue weighted by Gasteiger charge is -2.08. The van der Waals surface area contributed by atoms with Crippen molar-refractivity contribution in [1.29, 1.82) is 0 Å². The maximum Gasteiger partial charge on any atom is 0.269 e. The molecule has 1 aromatic rings. The predicted molar refractivity (Wildman–Crippen MR) is 87.9 cm³/mol. The number of carbonyl (C=O) groups excluding carboxylic acids is 2. The van der Waals surface area contributed by atoms with Crippen LogP contribution in [-0.2, 0) is 0 Å². The number of hydrogen-bond acceptors (Lipinski definition) is 3. The first-order valence-corrected chi connectivity index (χ1v) is 8.07. The van der Waals surface area contributed by atoms with Crippen molar-refractivity contribution in [3.8, 4) is 0 Å².